The van der Waals surface area contributed by atoms with Gasteiger partial charge in [-0.25, -0.2) is 13.3 Å². The summed E-state index contributed by atoms with van der Waals surface area (Å²) in [6, 6.07) is 10.9. The Morgan fingerprint density at radius 1 is 1.07 bits per heavy atom. The Balaban J connectivity index is 1.64. The van der Waals surface area contributed by atoms with Gasteiger partial charge in [0.1, 0.15) is 10.3 Å². The molecule has 1 aliphatic heterocycles. The predicted molar refractivity (Wildman–Crippen MR) is 117 cm³/mol. The number of rotatable bonds is 7. The molecule has 1 unspecified atom stereocenters. The summed E-state index contributed by atoms with van der Waals surface area (Å²) in [5.74, 6) is -0.858. The molecule has 1 aromatic carbocycles. The van der Waals surface area contributed by atoms with Crippen LogP contribution in [0, 0.1) is 0 Å². The Kier molecular flexibility index (Phi) is 6.17. The molecule has 2 aromatic rings. The summed E-state index contributed by atoms with van der Waals surface area (Å²) in [5.41, 5.74) is 1.70. The second kappa shape index (κ2) is 8.83. The van der Waals surface area contributed by atoms with Crippen molar-refractivity contribution in [2.45, 2.75) is 48.8 Å². The monoisotopic (exact) mass is 444 g/mol. The van der Waals surface area contributed by atoms with E-state index in [2.05, 4.69) is 6.08 Å². The van der Waals surface area contributed by atoms with Crippen LogP contribution in [0.1, 0.15) is 38.5 Å². The van der Waals surface area contributed by atoms with E-state index in [0.717, 1.165) is 41.9 Å². The first-order valence-electron chi connectivity index (χ1n) is 10.1. The average molecular weight is 445 g/mol. The molecule has 30 heavy (non-hydrogen) atoms. The molecular formula is C22H24N2O4S2. The summed E-state index contributed by atoms with van der Waals surface area (Å²) in [6.07, 6.45) is 6.84. The van der Waals surface area contributed by atoms with Gasteiger partial charge in [-0.2, -0.15) is 4.31 Å². The van der Waals surface area contributed by atoms with Crippen LogP contribution in [0.3, 0.4) is 0 Å². The van der Waals surface area contributed by atoms with Gasteiger partial charge in [-0.05, 0) is 55.7 Å². The lowest BCUT2D eigenvalue weighted by atomic mass is 9.97. The summed E-state index contributed by atoms with van der Waals surface area (Å²) in [4.78, 5) is 27.0. The highest BCUT2D eigenvalue weighted by Gasteiger charge is 2.47. The Morgan fingerprint density at radius 2 is 1.87 bits per heavy atom. The molecule has 0 N–H and O–H groups in total. The number of benzene rings is 1. The lowest BCUT2D eigenvalue weighted by Gasteiger charge is -2.27. The van der Waals surface area contributed by atoms with Gasteiger partial charge in [-0.3, -0.25) is 9.59 Å². The normalized spacial score (nSPS) is 20.1. The Bertz CT molecular complexity index is 1050. The summed E-state index contributed by atoms with van der Waals surface area (Å²) in [6.45, 7) is 0.193. The molecule has 6 nitrogen and oxygen atoms in total. The summed E-state index contributed by atoms with van der Waals surface area (Å²) in [7, 11) is -3.88. The number of anilines is 1. The van der Waals surface area contributed by atoms with Crippen LogP contribution < -0.4 is 4.90 Å². The van der Waals surface area contributed by atoms with Crippen LogP contribution in [-0.2, 0) is 19.6 Å². The van der Waals surface area contributed by atoms with Crippen LogP contribution in [0.5, 0.6) is 0 Å². The number of amides is 2. The van der Waals surface area contributed by atoms with Crippen LogP contribution in [0.2, 0.25) is 0 Å². The van der Waals surface area contributed by atoms with Crippen molar-refractivity contribution in [3.05, 3.63) is 59.5 Å². The van der Waals surface area contributed by atoms with Crippen LogP contribution in [-0.4, -0.2) is 37.1 Å². The minimum absolute atomic E-state index is 0.141. The fraction of sp³-hybridized carbons (Fsp3) is 0.364. The van der Waals surface area contributed by atoms with Gasteiger partial charge in [-0.15, -0.1) is 11.3 Å². The maximum Gasteiger partial charge on any atom is 0.253 e. The summed E-state index contributed by atoms with van der Waals surface area (Å²) in [5, 5.41) is 1.70. The third kappa shape index (κ3) is 4.12. The van der Waals surface area contributed by atoms with Crippen LogP contribution in [0.4, 0.5) is 5.69 Å². The lowest BCUT2D eigenvalue weighted by Crippen LogP contribution is -2.45. The molecule has 1 saturated heterocycles. The van der Waals surface area contributed by atoms with Gasteiger partial charge < -0.3 is 0 Å². The standard InChI is InChI=1S/C22H24N2O4S2/c25-20-16-19(22(26)24(20)18-10-5-2-6-11-18)23(14-13-17-8-3-1-4-9-17)30(27,28)21-12-7-15-29-21/h2,5-8,10-12,15,19H,1,3-4,9,13-14,16H2. The molecule has 1 aliphatic carbocycles. The number of hydrogen-bond acceptors (Lipinski definition) is 5. The zero-order valence-electron chi connectivity index (χ0n) is 16.6. The third-order valence-corrected chi connectivity index (χ3v) is 8.86. The number of carbonyl (C=O) groups excluding carboxylic acids is 2. The SMILES string of the molecule is O=C1CC(N(CCC2=CCCCC2)S(=O)(=O)c2cccs2)C(=O)N1c1ccccc1. The van der Waals surface area contributed by atoms with Crippen LogP contribution in [0.25, 0.3) is 0 Å². The molecule has 0 saturated carbocycles. The second-order valence-electron chi connectivity index (χ2n) is 7.53. The fourth-order valence-electron chi connectivity index (χ4n) is 4.04. The molecule has 8 heteroatoms. The highest BCUT2D eigenvalue weighted by atomic mass is 32.2. The maximum absolute atomic E-state index is 13.4. The molecular weight excluding hydrogens is 420 g/mol. The molecule has 0 spiro atoms. The Morgan fingerprint density at radius 3 is 2.53 bits per heavy atom. The topological polar surface area (TPSA) is 74.8 Å². The van der Waals surface area contributed by atoms with Gasteiger partial charge >= 0.3 is 0 Å². The zero-order valence-corrected chi connectivity index (χ0v) is 18.2. The van der Waals surface area contributed by atoms with Gasteiger partial charge in [0, 0.05) is 6.54 Å². The van der Waals surface area contributed by atoms with Gasteiger partial charge in [0.15, 0.2) is 0 Å². The van der Waals surface area contributed by atoms with Gasteiger partial charge in [-0.1, -0.05) is 35.9 Å². The summed E-state index contributed by atoms with van der Waals surface area (Å²) >= 11 is 1.12. The third-order valence-electron chi connectivity index (χ3n) is 5.58. The predicted octanol–water partition coefficient (Wildman–Crippen LogP) is 3.96. The van der Waals surface area contributed by atoms with Crippen molar-refractivity contribution in [3.63, 3.8) is 0 Å². The molecule has 1 atom stereocenters. The van der Waals surface area contributed by atoms with Gasteiger partial charge in [0.25, 0.3) is 15.9 Å². The molecule has 4 rings (SSSR count). The number of para-hydroxylation sites is 1. The quantitative estimate of drug-likeness (QED) is 0.479. The molecule has 1 fully saturated rings. The molecule has 158 valence electrons. The molecule has 2 amide bonds. The largest absolute Gasteiger partial charge is 0.274 e. The molecule has 0 bridgehead atoms. The van der Waals surface area contributed by atoms with E-state index in [9.17, 15) is 18.0 Å². The van der Waals surface area contributed by atoms with Crippen molar-refractivity contribution in [2.24, 2.45) is 0 Å². The van der Waals surface area contributed by atoms with E-state index in [1.807, 2.05) is 0 Å². The van der Waals surface area contributed by atoms with E-state index in [-0.39, 0.29) is 23.1 Å². The van der Waals surface area contributed by atoms with E-state index in [1.54, 1.807) is 47.8 Å². The van der Waals surface area contributed by atoms with Crippen molar-refractivity contribution in [3.8, 4) is 0 Å². The van der Waals surface area contributed by atoms with E-state index >= 15 is 0 Å². The van der Waals surface area contributed by atoms with Crippen LogP contribution >= 0.6 is 11.3 Å². The van der Waals surface area contributed by atoms with E-state index in [4.69, 9.17) is 0 Å². The number of nitrogens with zero attached hydrogens (tertiary/aromatic N) is 2. The Hall–Kier alpha value is -2.29. The van der Waals surface area contributed by atoms with Crippen molar-refractivity contribution >= 4 is 38.9 Å². The highest BCUT2D eigenvalue weighted by molar-refractivity contribution is 7.91. The van der Waals surface area contributed by atoms with Crippen molar-refractivity contribution in [1.29, 1.82) is 0 Å². The number of thiophene rings is 1. The first-order chi connectivity index (χ1) is 14.5. The lowest BCUT2D eigenvalue weighted by molar-refractivity contribution is -0.122. The average Bonchev–Trinajstić information content (AvgIpc) is 3.39. The molecule has 1 aromatic heterocycles. The van der Waals surface area contributed by atoms with Crippen molar-refractivity contribution in [2.75, 3.05) is 11.4 Å². The summed E-state index contributed by atoms with van der Waals surface area (Å²) < 4.78 is 28.2. The maximum atomic E-state index is 13.4. The first-order valence-corrected chi connectivity index (χ1v) is 12.5. The van der Waals surface area contributed by atoms with E-state index in [0.29, 0.717) is 12.1 Å². The number of carbonyl (C=O) groups is 2. The smallest absolute Gasteiger partial charge is 0.253 e. The molecule has 0 radical (unpaired) electrons. The van der Waals surface area contributed by atoms with E-state index in [1.165, 1.54) is 9.88 Å². The molecule has 2 aliphatic rings. The van der Waals surface area contributed by atoms with Crippen molar-refractivity contribution in [1.82, 2.24) is 4.31 Å². The van der Waals surface area contributed by atoms with Crippen molar-refractivity contribution < 1.29 is 18.0 Å². The number of hydrogen-bond donors (Lipinski definition) is 0. The Labute approximate surface area is 180 Å². The van der Waals surface area contributed by atoms with Gasteiger partial charge in [0.2, 0.25) is 5.91 Å². The number of allylic oxidation sites excluding steroid dienone is 1. The minimum Gasteiger partial charge on any atom is -0.274 e. The van der Waals surface area contributed by atoms with E-state index < -0.39 is 22.0 Å². The fourth-order valence-corrected chi connectivity index (χ4v) is 6.75. The zero-order chi connectivity index (χ0) is 21.1. The first kappa shape index (κ1) is 21.0. The second-order valence-corrected chi connectivity index (χ2v) is 10.6. The number of imide groups is 1. The van der Waals surface area contributed by atoms with Crippen LogP contribution in [0.15, 0.2) is 63.7 Å². The molecule has 2 heterocycles. The number of sulfonamides is 1. The highest BCUT2D eigenvalue weighted by Crippen LogP contribution is 2.31. The van der Waals surface area contributed by atoms with Gasteiger partial charge in [0.05, 0.1) is 12.1 Å². The minimum atomic E-state index is -3.88.